The zero-order valence-electron chi connectivity index (χ0n) is 9.30. The van der Waals surface area contributed by atoms with Gasteiger partial charge in [-0.15, -0.1) is 0 Å². The van der Waals surface area contributed by atoms with Gasteiger partial charge in [-0.25, -0.2) is 8.42 Å². The van der Waals surface area contributed by atoms with Crippen molar-refractivity contribution < 1.29 is 13.2 Å². The van der Waals surface area contributed by atoms with Crippen molar-refractivity contribution in [3.63, 3.8) is 0 Å². The van der Waals surface area contributed by atoms with E-state index in [2.05, 4.69) is 5.32 Å². The summed E-state index contributed by atoms with van der Waals surface area (Å²) >= 11 is 0. The first-order valence-electron chi connectivity index (χ1n) is 5.11. The number of sulfone groups is 1. The highest BCUT2D eigenvalue weighted by Crippen LogP contribution is 2.37. The normalized spacial score (nSPS) is 27.1. The van der Waals surface area contributed by atoms with Crippen molar-refractivity contribution >= 4 is 9.84 Å². The zero-order valence-corrected chi connectivity index (χ0v) is 10.1. The second kappa shape index (κ2) is 4.07. The molecule has 5 heteroatoms. The van der Waals surface area contributed by atoms with Crippen molar-refractivity contribution in [3.8, 4) is 5.75 Å². The van der Waals surface area contributed by atoms with Gasteiger partial charge in [0.15, 0.2) is 9.84 Å². The van der Waals surface area contributed by atoms with Crippen LogP contribution in [0.1, 0.15) is 10.8 Å². The fourth-order valence-electron chi connectivity index (χ4n) is 2.06. The molecule has 0 aliphatic carbocycles. The van der Waals surface area contributed by atoms with E-state index < -0.39 is 15.1 Å². The summed E-state index contributed by atoms with van der Waals surface area (Å²) in [6, 6.07) is 7.25. The second-order valence-electron chi connectivity index (χ2n) is 3.92. The van der Waals surface area contributed by atoms with Gasteiger partial charge in [-0.1, -0.05) is 12.1 Å². The Labute approximate surface area is 95.5 Å². The van der Waals surface area contributed by atoms with Crippen LogP contribution in [0.15, 0.2) is 24.3 Å². The predicted octanol–water partition coefficient (Wildman–Crippen LogP) is 0.753. The summed E-state index contributed by atoms with van der Waals surface area (Å²) in [4.78, 5) is 0. The molecule has 0 bridgehead atoms. The van der Waals surface area contributed by atoms with Gasteiger partial charge < -0.3 is 10.1 Å². The van der Waals surface area contributed by atoms with Crippen LogP contribution < -0.4 is 10.1 Å². The third-order valence-electron chi connectivity index (χ3n) is 2.96. The molecule has 1 aliphatic heterocycles. The molecular formula is C11H15NO3S. The van der Waals surface area contributed by atoms with Crippen LogP contribution >= 0.6 is 0 Å². The van der Waals surface area contributed by atoms with Crippen LogP contribution in [0.3, 0.4) is 0 Å². The highest BCUT2D eigenvalue weighted by Gasteiger charge is 2.46. The monoisotopic (exact) mass is 241 g/mol. The van der Waals surface area contributed by atoms with Crippen molar-refractivity contribution in [2.24, 2.45) is 0 Å². The number of hydrogen-bond acceptors (Lipinski definition) is 4. The van der Waals surface area contributed by atoms with Gasteiger partial charge >= 0.3 is 0 Å². The molecular weight excluding hydrogens is 226 g/mol. The Morgan fingerprint density at radius 1 is 1.44 bits per heavy atom. The third kappa shape index (κ3) is 1.81. The summed E-state index contributed by atoms with van der Waals surface area (Å²) in [6.07, 6.45) is 0. The molecule has 1 aromatic rings. The minimum atomic E-state index is -2.98. The van der Waals surface area contributed by atoms with Crippen molar-refractivity contribution in [3.05, 3.63) is 29.8 Å². The average Bonchev–Trinajstić information content (AvgIpc) is 2.26. The minimum Gasteiger partial charge on any atom is -0.497 e. The molecule has 4 nitrogen and oxygen atoms in total. The Hall–Kier alpha value is -1.07. The van der Waals surface area contributed by atoms with Crippen LogP contribution in [0.5, 0.6) is 5.75 Å². The molecule has 1 heterocycles. The fraction of sp³-hybridized carbons (Fsp3) is 0.455. The highest BCUT2D eigenvalue weighted by molar-refractivity contribution is 7.93. The number of nitrogens with one attached hydrogen (secondary N) is 1. The van der Waals surface area contributed by atoms with Crippen molar-refractivity contribution in [2.75, 3.05) is 19.9 Å². The van der Waals surface area contributed by atoms with E-state index in [0.29, 0.717) is 5.75 Å². The van der Waals surface area contributed by atoms with E-state index in [1.807, 2.05) is 18.2 Å². The van der Waals surface area contributed by atoms with Gasteiger partial charge in [-0.05, 0) is 24.7 Å². The number of ether oxygens (including phenoxy) is 1. The molecule has 0 saturated carbocycles. The Morgan fingerprint density at radius 3 is 2.75 bits per heavy atom. The van der Waals surface area contributed by atoms with Gasteiger partial charge in [0.05, 0.1) is 12.9 Å². The Balaban J connectivity index is 2.35. The lowest BCUT2D eigenvalue weighted by atomic mass is 10.1. The van der Waals surface area contributed by atoms with Crippen LogP contribution in [-0.2, 0) is 9.84 Å². The molecule has 1 aromatic carbocycles. The molecule has 1 fully saturated rings. The first kappa shape index (κ1) is 11.4. The van der Waals surface area contributed by atoms with Gasteiger partial charge in [-0.2, -0.15) is 0 Å². The summed E-state index contributed by atoms with van der Waals surface area (Å²) in [5.74, 6) is 0.903. The molecule has 0 aromatic heterocycles. The second-order valence-corrected chi connectivity index (χ2v) is 6.09. The highest BCUT2D eigenvalue weighted by atomic mass is 32.2. The molecule has 2 atom stereocenters. The SMILES string of the molecule is CNC1CS(=O)(=O)C1c1cccc(OC)c1. The average molecular weight is 241 g/mol. The fourth-order valence-corrected chi connectivity index (χ4v) is 4.07. The molecule has 0 radical (unpaired) electrons. The molecule has 88 valence electrons. The van der Waals surface area contributed by atoms with Gasteiger partial charge in [0.1, 0.15) is 11.0 Å². The van der Waals surface area contributed by atoms with E-state index >= 15 is 0 Å². The predicted molar refractivity (Wildman–Crippen MR) is 62.4 cm³/mol. The van der Waals surface area contributed by atoms with E-state index in [4.69, 9.17) is 4.74 Å². The van der Waals surface area contributed by atoms with Crippen LogP contribution in [0.25, 0.3) is 0 Å². The molecule has 0 spiro atoms. The van der Waals surface area contributed by atoms with Crippen LogP contribution in [0.4, 0.5) is 0 Å². The lowest BCUT2D eigenvalue weighted by Crippen LogP contribution is -2.52. The van der Waals surface area contributed by atoms with Crippen LogP contribution in [-0.4, -0.2) is 34.4 Å². The van der Waals surface area contributed by atoms with Crippen LogP contribution in [0.2, 0.25) is 0 Å². The summed E-state index contributed by atoms with van der Waals surface area (Å²) in [5.41, 5.74) is 0.796. The van der Waals surface area contributed by atoms with E-state index in [1.165, 1.54) is 0 Å². The number of methoxy groups -OCH3 is 1. The minimum absolute atomic E-state index is 0.0112. The molecule has 2 rings (SSSR count). The molecule has 1 saturated heterocycles. The van der Waals surface area contributed by atoms with Gasteiger partial charge in [0.25, 0.3) is 0 Å². The maximum Gasteiger partial charge on any atom is 0.160 e. The van der Waals surface area contributed by atoms with E-state index in [9.17, 15) is 8.42 Å². The molecule has 1 aliphatic rings. The number of benzene rings is 1. The first-order chi connectivity index (χ1) is 7.58. The molecule has 1 N–H and O–H groups in total. The Kier molecular flexibility index (Phi) is 2.90. The number of rotatable bonds is 3. The lowest BCUT2D eigenvalue weighted by Gasteiger charge is -2.36. The Bertz CT molecular complexity index is 484. The number of hydrogen-bond donors (Lipinski definition) is 1. The molecule has 0 amide bonds. The topological polar surface area (TPSA) is 55.4 Å². The maximum absolute atomic E-state index is 11.7. The van der Waals surface area contributed by atoms with Gasteiger partial charge in [0, 0.05) is 6.04 Å². The largest absolute Gasteiger partial charge is 0.497 e. The summed E-state index contributed by atoms with van der Waals surface area (Å²) in [6.45, 7) is 0. The van der Waals surface area contributed by atoms with Crippen molar-refractivity contribution in [1.29, 1.82) is 0 Å². The van der Waals surface area contributed by atoms with E-state index in [-0.39, 0.29) is 11.8 Å². The van der Waals surface area contributed by atoms with E-state index in [1.54, 1.807) is 20.2 Å². The summed E-state index contributed by atoms with van der Waals surface area (Å²) < 4.78 is 28.5. The van der Waals surface area contributed by atoms with Gasteiger partial charge in [-0.3, -0.25) is 0 Å². The van der Waals surface area contributed by atoms with Crippen molar-refractivity contribution in [2.45, 2.75) is 11.3 Å². The quantitative estimate of drug-likeness (QED) is 0.848. The van der Waals surface area contributed by atoms with E-state index in [0.717, 1.165) is 5.56 Å². The summed E-state index contributed by atoms with van der Waals surface area (Å²) in [7, 11) is 0.378. The Morgan fingerprint density at radius 2 is 2.19 bits per heavy atom. The third-order valence-corrected chi connectivity index (χ3v) is 5.16. The zero-order chi connectivity index (χ0) is 11.8. The molecule has 2 unspecified atom stereocenters. The standard InChI is InChI=1S/C11H15NO3S/c1-12-10-7-16(13,14)11(10)8-4-3-5-9(6-8)15-2/h3-6,10-12H,7H2,1-2H3. The molecule has 16 heavy (non-hydrogen) atoms. The maximum atomic E-state index is 11.7. The number of likely N-dealkylation sites (N-methyl/N-ethyl adjacent to an activating group) is 1. The smallest absolute Gasteiger partial charge is 0.160 e. The lowest BCUT2D eigenvalue weighted by molar-refractivity contribution is 0.413. The summed E-state index contributed by atoms with van der Waals surface area (Å²) in [5, 5.41) is 2.59. The van der Waals surface area contributed by atoms with Gasteiger partial charge in [0.2, 0.25) is 0 Å². The van der Waals surface area contributed by atoms with Crippen LogP contribution in [0, 0.1) is 0 Å². The first-order valence-corrected chi connectivity index (χ1v) is 6.83. The van der Waals surface area contributed by atoms with Crippen molar-refractivity contribution in [1.82, 2.24) is 5.32 Å².